The Labute approximate surface area is 99.9 Å². The van der Waals surface area contributed by atoms with Crippen LogP contribution in [0.15, 0.2) is 11.2 Å². The molecule has 8 nitrogen and oxygen atoms in total. The highest BCUT2D eigenvalue weighted by Gasteiger charge is 2.17. The summed E-state index contributed by atoms with van der Waals surface area (Å²) in [7, 11) is -5.89. The number of hydrogen-bond donors (Lipinski definition) is 3. The van der Waals surface area contributed by atoms with Gasteiger partial charge in [-0.05, 0) is 14.0 Å². The molecule has 0 unspecified atom stereocenters. The number of imidazole rings is 1. The summed E-state index contributed by atoms with van der Waals surface area (Å²) in [4.78, 5) is 6.30. The number of nitrogens with one attached hydrogen (secondary N) is 3. The van der Waals surface area contributed by atoms with Crippen molar-refractivity contribution in [3.05, 3.63) is 12.0 Å². The second-order valence-corrected chi connectivity index (χ2v) is 7.03. The molecular formula is C7H14N4O4S2. The number of sulfonamides is 2. The SMILES string of the molecule is CNS(=O)(=O)CCNS(=O)(=O)c1cnc(C)[nH]1. The number of rotatable bonds is 6. The zero-order valence-corrected chi connectivity index (χ0v) is 11.0. The van der Waals surface area contributed by atoms with E-state index in [9.17, 15) is 16.8 Å². The van der Waals surface area contributed by atoms with E-state index < -0.39 is 20.0 Å². The lowest BCUT2D eigenvalue weighted by Crippen LogP contribution is -2.33. The molecular weight excluding hydrogens is 268 g/mol. The first-order chi connectivity index (χ1) is 7.77. The Morgan fingerprint density at radius 2 is 2.00 bits per heavy atom. The van der Waals surface area contributed by atoms with Gasteiger partial charge >= 0.3 is 0 Å². The Morgan fingerprint density at radius 1 is 1.35 bits per heavy atom. The summed E-state index contributed by atoms with van der Waals surface area (Å²) in [5.74, 6) is 0.142. The fourth-order valence-corrected chi connectivity index (χ4v) is 2.73. The van der Waals surface area contributed by atoms with Crippen LogP contribution < -0.4 is 9.44 Å². The molecule has 0 aliphatic rings. The molecule has 0 aliphatic carbocycles. The van der Waals surface area contributed by atoms with Crippen molar-refractivity contribution in [2.75, 3.05) is 19.3 Å². The van der Waals surface area contributed by atoms with E-state index in [0.29, 0.717) is 5.82 Å². The largest absolute Gasteiger partial charge is 0.332 e. The maximum atomic E-state index is 11.6. The topological polar surface area (TPSA) is 121 Å². The first-order valence-corrected chi connectivity index (χ1v) is 7.83. The summed E-state index contributed by atoms with van der Waals surface area (Å²) in [5.41, 5.74) is 0. The number of aryl methyl sites for hydroxylation is 1. The van der Waals surface area contributed by atoms with Crippen molar-refractivity contribution < 1.29 is 16.8 Å². The average molecular weight is 282 g/mol. The molecule has 1 heterocycles. The molecule has 1 aromatic heterocycles. The Kier molecular flexibility index (Phi) is 4.25. The van der Waals surface area contributed by atoms with E-state index in [1.165, 1.54) is 13.2 Å². The fourth-order valence-electron chi connectivity index (χ4n) is 1.03. The van der Waals surface area contributed by atoms with Gasteiger partial charge in [0.25, 0.3) is 10.0 Å². The molecule has 0 saturated carbocycles. The summed E-state index contributed by atoms with van der Waals surface area (Å²) >= 11 is 0. The van der Waals surface area contributed by atoms with Gasteiger partial charge in [0.15, 0.2) is 5.03 Å². The fraction of sp³-hybridized carbons (Fsp3) is 0.571. The third-order valence-corrected chi connectivity index (χ3v) is 4.68. The monoisotopic (exact) mass is 282 g/mol. The summed E-state index contributed by atoms with van der Waals surface area (Å²) < 4.78 is 49.6. The quantitative estimate of drug-likeness (QED) is 0.589. The van der Waals surface area contributed by atoms with Crippen molar-refractivity contribution in [2.24, 2.45) is 0 Å². The summed E-state index contributed by atoms with van der Waals surface area (Å²) in [6.45, 7) is 1.41. The van der Waals surface area contributed by atoms with E-state index in [2.05, 4.69) is 19.4 Å². The van der Waals surface area contributed by atoms with E-state index in [1.807, 2.05) is 0 Å². The van der Waals surface area contributed by atoms with Gasteiger partial charge in [-0.2, -0.15) is 0 Å². The van der Waals surface area contributed by atoms with Crippen LogP contribution in [0.5, 0.6) is 0 Å². The van der Waals surface area contributed by atoms with Crippen molar-refractivity contribution in [1.82, 2.24) is 19.4 Å². The third-order valence-electron chi connectivity index (χ3n) is 1.94. The van der Waals surface area contributed by atoms with Crippen LogP contribution in [0.4, 0.5) is 0 Å². The van der Waals surface area contributed by atoms with Gasteiger partial charge in [0.1, 0.15) is 5.82 Å². The average Bonchev–Trinajstić information content (AvgIpc) is 2.65. The summed E-state index contributed by atoms with van der Waals surface area (Å²) in [6.07, 6.45) is 1.17. The minimum atomic E-state index is -3.73. The second kappa shape index (κ2) is 5.12. The Hall–Kier alpha value is -0.970. The Balaban J connectivity index is 2.64. The molecule has 98 valence electrons. The molecule has 0 spiro atoms. The summed E-state index contributed by atoms with van der Waals surface area (Å²) in [6, 6.07) is 0. The van der Waals surface area contributed by atoms with E-state index in [4.69, 9.17) is 0 Å². The maximum Gasteiger partial charge on any atom is 0.257 e. The van der Waals surface area contributed by atoms with E-state index in [-0.39, 0.29) is 17.3 Å². The van der Waals surface area contributed by atoms with Crippen LogP contribution >= 0.6 is 0 Å². The predicted molar refractivity (Wildman–Crippen MR) is 61.4 cm³/mol. The molecule has 0 saturated heterocycles. The Morgan fingerprint density at radius 3 is 2.47 bits per heavy atom. The van der Waals surface area contributed by atoms with Gasteiger partial charge in [-0.15, -0.1) is 0 Å². The lowest BCUT2D eigenvalue weighted by Gasteiger charge is -2.04. The lowest BCUT2D eigenvalue weighted by molar-refractivity contribution is 0.576. The van der Waals surface area contributed by atoms with Crippen LogP contribution in [-0.4, -0.2) is 46.1 Å². The van der Waals surface area contributed by atoms with Crippen LogP contribution in [-0.2, 0) is 20.0 Å². The van der Waals surface area contributed by atoms with Crippen LogP contribution in [0.3, 0.4) is 0 Å². The van der Waals surface area contributed by atoms with Crippen LogP contribution in [0.1, 0.15) is 5.82 Å². The van der Waals surface area contributed by atoms with Crippen LogP contribution in [0, 0.1) is 6.92 Å². The zero-order valence-electron chi connectivity index (χ0n) is 9.39. The normalized spacial score (nSPS) is 12.8. The molecule has 0 fully saturated rings. The number of H-pyrrole nitrogens is 1. The molecule has 1 rings (SSSR count). The highest BCUT2D eigenvalue weighted by molar-refractivity contribution is 7.90. The van der Waals surface area contributed by atoms with Crippen molar-refractivity contribution in [3.63, 3.8) is 0 Å². The van der Waals surface area contributed by atoms with Crippen molar-refractivity contribution >= 4 is 20.0 Å². The molecule has 3 N–H and O–H groups in total. The third kappa shape index (κ3) is 4.07. The molecule has 17 heavy (non-hydrogen) atoms. The second-order valence-electron chi connectivity index (χ2n) is 3.25. The van der Waals surface area contributed by atoms with Crippen LogP contribution in [0.25, 0.3) is 0 Å². The molecule has 0 atom stereocenters. The van der Waals surface area contributed by atoms with Crippen LogP contribution in [0.2, 0.25) is 0 Å². The van der Waals surface area contributed by atoms with Gasteiger partial charge in [0.05, 0.1) is 11.9 Å². The maximum absolute atomic E-state index is 11.6. The van der Waals surface area contributed by atoms with Gasteiger partial charge in [-0.25, -0.2) is 31.3 Å². The number of aromatic nitrogens is 2. The van der Waals surface area contributed by atoms with Crippen molar-refractivity contribution in [2.45, 2.75) is 11.9 Å². The highest BCUT2D eigenvalue weighted by atomic mass is 32.2. The van der Waals surface area contributed by atoms with Crippen molar-refractivity contribution in [1.29, 1.82) is 0 Å². The first-order valence-electron chi connectivity index (χ1n) is 4.69. The molecule has 0 bridgehead atoms. The number of nitrogens with zero attached hydrogens (tertiary/aromatic N) is 1. The van der Waals surface area contributed by atoms with Gasteiger partial charge in [-0.3, -0.25) is 0 Å². The minimum Gasteiger partial charge on any atom is -0.332 e. The highest BCUT2D eigenvalue weighted by Crippen LogP contribution is 2.03. The first kappa shape index (κ1) is 14.1. The smallest absolute Gasteiger partial charge is 0.257 e. The van der Waals surface area contributed by atoms with Gasteiger partial charge < -0.3 is 4.98 Å². The Bertz CT molecular complexity index is 575. The van der Waals surface area contributed by atoms with E-state index in [0.717, 1.165) is 0 Å². The van der Waals surface area contributed by atoms with Crippen molar-refractivity contribution in [3.8, 4) is 0 Å². The van der Waals surface area contributed by atoms with Gasteiger partial charge in [0, 0.05) is 6.54 Å². The molecule has 1 aromatic rings. The minimum absolute atomic E-state index is 0.0862. The molecule has 0 amide bonds. The number of aromatic amines is 1. The molecule has 0 aromatic carbocycles. The standard InChI is InChI=1S/C7H14N4O4S2/c1-6-9-5-7(11-6)17(14,15)10-3-4-16(12,13)8-2/h5,8,10H,3-4H2,1-2H3,(H,9,11). The zero-order chi connectivity index (χ0) is 13.1. The molecule has 10 heteroatoms. The van der Waals surface area contributed by atoms with Gasteiger partial charge in [0.2, 0.25) is 10.0 Å². The number of hydrogen-bond acceptors (Lipinski definition) is 5. The lowest BCUT2D eigenvalue weighted by atomic mass is 10.8. The van der Waals surface area contributed by atoms with Gasteiger partial charge in [-0.1, -0.05) is 0 Å². The molecule has 0 aliphatic heterocycles. The van der Waals surface area contributed by atoms with E-state index in [1.54, 1.807) is 6.92 Å². The van der Waals surface area contributed by atoms with E-state index >= 15 is 0 Å². The summed E-state index contributed by atoms with van der Waals surface area (Å²) in [5, 5.41) is -0.0862. The molecule has 0 radical (unpaired) electrons. The predicted octanol–water partition coefficient (Wildman–Crippen LogP) is -1.45.